The molecule has 20 heavy (non-hydrogen) atoms. The number of hydrogen-bond acceptors (Lipinski definition) is 4. The topological polar surface area (TPSA) is 63.7 Å². The molecule has 1 aliphatic heterocycles. The van der Waals surface area contributed by atoms with Crippen LogP contribution in [0.2, 0.25) is 0 Å². The molecule has 1 aromatic carbocycles. The monoisotopic (exact) mass is 297 g/mol. The predicted octanol–water partition coefficient (Wildman–Crippen LogP) is 1.83. The first-order valence-electron chi connectivity index (χ1n) is 6.61. The van der Waals surface area contributed by atoms with Gasteiger partial charge in [0.1, 0.15) is 6.61 Å². The van der Waals surface area contributed by atoms with Crippen LogP contribution in [0.25, 0.3) is 0 Å². The highest BCUT2D eigenvalue weighted by atomic mass is 32.2. The van der Waals surface area contributed by atoms with Crippen LogP contribution in [0.5, 0.6) is 0 Å². The smallest absolute Gasteiger partial charge is 0.410 e. The van der Waals surface area contributed by atoms with Gasteiger partial charge in [0.25, 0.3) is 0 Å². The van der Waals surface area contributed by atoms with Gasteiger partial charge in [-0.15, -0.1) is 0 Å². The summed E-state index contributed by atoms with van der Waals surface area (Å²) in [6, 6.07) is 9.41. The van der Waals surface area contributed by atoms with E-state index in [0.717, 1.165) is 5.56 Å². The van der Waals surface area contributed by atoms with Crippen molar-refractivity contribution < 1.29 is 17.9 Å². The minimum Gasteiger partial charge on any atom is -0.445 e. The molecule has 1 atom stereocenters. The van der Waals surface area contributed by atoms with Crippen molar-refractivity contribution in [2.45, 2.75) is 24.7 Å². The summed E-state index contributed by atoms with van der Waals surface area (Å²) in [7, 11) is -3.11. The Morgan fingerprint density at radius 1 is 1.35 bits per heavy atom. The van der Waals surface area contributed by atoms with Crippen molar-refractivity contribution in [3.63, 3.8) is 0 Å². The van der Waals surface area contributed by atoms with Crippen LogP contribution >= 0.6 is 0 Å². The number of ether oxygens (including phenoxy) is 1. The van der Waals surface area contributed by atoms with Gasteiger partial charge < -0.3 is 9.64 Å². The average molecular weight is 297 g/mol. The van der Waals surface area contributed by atoms with Crippen molar-refractivity contribution in [2.24, 2.45) is 0 Å². The molecule has 0 radical (unpaired) electrons. The zero-order valence-corrected chi connectivity index (χ0v) is 12.3. The molecule has 1 amide bonds. The molecule has 1 saturated heterocycles. The molecule has 5 nitrogen and oxygen atoms in total. The van der Waals surface area contributed by atoms with E-state index in [9.17, 15) is 13.2 Å². The Morgan fingerprint density at radius 3 is 2.70 bits per heavy atom. The number of carbonyl (C=O) groups is 1. The molecule has 0 spiro atoms. The number of rotatable bonds is 3. The Kier molecular flexibility index (Phi) is 4.65. The van der Waals surface area contributed by atoms with Crippen LogP contribution in [-0.2, 0) is 21.2 Å². The third kappa shape index (κ3) is 3.96. The Bertz CT molecular complexity index is 556. The molecule has 0 aliphatic carbocycles. The van der Waals surface area contributed by atoms with E-state index in [4.69, 9.17) is 4.74 Å². The van der Waals surface area contributed by atoms with E-state index in [0.29, 0.717) is 19.4 Å². The minimum absolute atomic E-state index is 0.208. The zero-order valence-electron chi connectivity index (χ0n) is 11.5. The van der Waals surface area contributed by atoms with Crippen LogP contribution in [0.4, 0.5) is 4.79 Å². The van der Waals surface area contributed by atoms with Gasteiger partial charge in [0.05, 0.1) is 5.25 Å². The summed E-state index contributed by atoms with van der Waals surface area (Å²) in [6.45, 7) is 0.992. The van der Waals surface area contributed by atoms with Gasteiger partial charge in [-0.1, -0.05) is 30.3 Å². The Morgan fingerprint density at radius 2 is 2.05 bits per heavy atom. The first kappa shape index (κ1) is 14.8. The minimum atomic E-state index is -3.11. The number of benzene rings is 1. The fraction of sp³-hybridized carbons (Fsp3) is 0.500. The largest absolute Gasteiger partial charge is 0.445 e. The van der Waals surface area contributed by atoms with E-state index < -0.39 is 21.2 Å². The number of amides is 1. The summed E-state index contributed by atoms with van der Waals surface area (Å²) in [6.07, 6.45) is 2.08. The molecule has 0 aromatic heterocycles. The van der Waals surface area contributed by atoms with E-state index in [1.807, 2.05) is 30.3 Å². The van der Waals surface area contributed by atoms with E-state index in [1.165, 1.54) is 11.2 Å². The number of nitrogens with zero attached hydrogens (tertiary/aromatic N) is 1. The highest BCUT2D eigenvalue weighted by Gasteiger charge is 2.30. The normalized spacial score (nSPS) is 19.6. The third-order valence-electron chi connectivity index (χ3n) is 3.45. The Hall–Kier alpha value is -1.56. The maximum absolute atomic E-state index is 12.0. The van der Waals surface area contributed by atoms with Gasteiger partial charge in [-0.2, -0.15) is 0 Å². The summed E-state index contributed by atoms with van der Waals surface area (Å²) in [5.41, 5.74) is 0.914. The second-order valence-corrected chi connectivity index (χ2v) is 7.41. The van der Waals surface area contributed by atoms with E-state index in [-0.39, 0.29) is 13.2 Å². The van der Waals surface area contributed by atoms with Gasteiger partial charge in [0, 0.05) is 19.3 Å². The lowest BCUT2D eigenvalue weighted by molar-refractivity contribution is 0.0900. The van der Waals surface area contributed by atoms with E-state index in [2.05, 4.69) is 0 Å². The van der Waals surface area contributed by atoms with Crippen LogP contribution in [0.3, 0.4) is 0 Å². The summed E-state index contributed by atoms with van der Waals surface area (Å²) in [4.78, 5) is 13.4. The van der Waals surface area contributed by atoms with Crippen LogP contribution in [-0.4, -0.2) is 44.0 Å². The molecule has 110 valence electrons. The van der Waals surface area contributed by atoms with Crippen molar-refractivity contribution in [1.29, 1.82) is 0 Å². The van der Waals surface area contributed by atoms with Crippen LogP contribution in [0.15, 0.2) is 30.3 Å². The van der Waals surface area contributed by atoms with Crippen molar-refractivity contribution in [2.75, 3.05) is 19.3 Å². The van der Waals surface area contributed by atoms with Crippen molar-refractivity contribution >= 4 is 15.9 Å². The van der Waals surface area contributed by atoms with Crippen molar-refractivity contribution in [3.8, 4) is 0 Å². The number of likely N-dealkylation sites (tertiary alicyclic amines) is 1. The molecule has 0 bridgehead atoms. The third-order valence-corrected chi connectivity index (χ3v) is 5.04. The van der Waals surface area contributed by atoms with Gasteiger partial charge in [0.15, 0.2) is 9.84 Å². The molecular formula is C14H19NO4S. The SMILES string of the molecule is CS(=O)(=O)C1CCCN(C(=O)OCc2ccccc2)C1. The highest BCUT2D eigenvalue weighted by Crippen LogP contribution is 2.17. The zero-order chi connectivity index (χ0) is 14.6. The van der Waals surface area contributed by atoms with Gasteiger partial charge >= 0.3 is 6.09 Å². The second kappa shape index (κ2) is 6.26. The molecular weight excluding hydrogens is 278 g/mol. The molecule has 1 heterocycles. The van der Waals surface area contributed by atoms with E-state index >= 15 is 0 Å². The van der Waals surface area contributed by atoms with E-state index in [1.54, 1.807) is 0 Å². The number of piperidine rings is 1. The summed E-state index contributed by atoms with van der Waals surface area (Å²) in [5.74, 6) is 0. The average Bonchev–Trinajstić information content (AvgIpc) is 2.45. The van der Waals surface area contributed by atoms with Crippen molar-refractivity contribution in [3.05, 3.63) is 35.9 Å². The lowest BCUT2D eigenvalue weighted by Crippen LogP contribution is -2.45. The molecule has 1 aliphatic rings. The number of hydrogen-bond donors (Lipinski definition) is 0. The van der Waals surface area contributed by atoms with Gasteiger partial charge in [0.2, 0.25) is 0 Å². The number of sulfone groups is 1. The molecule has 0 saturated carbocycles. The molecule has 1 aromatic rings. The first-order valence-corrected chi connectivity index (χ1v) is 8.57. The Balaban J connectivity index is 1.89. The lowest BCUT2D eigenvalue weighted by atomic mass is 10.1. The summed E-state index contributed by atoms with van der Waals surface area (Å²) < 4.78 is 28.3. The fourth-order valence-electron chi connectivity index (χ4n) is 2.26. The van der Waals surface area contributed by atoms with Crippen LogP contribution < -0.4 is 0 Å². The Labute approximate surface area is 119 Å². The molecule has 6 heteroatoms. The van der Waals surface area contributed by atoms with Crippen LogP contribution in [0, 0.1) is 0 Å². The molecule has 2 rings (SSSR count). The van der Waals surface area contributed by atoms with Gasteiger partial charge in [-0.05, 0) is 18.4 Å². The standard InChI is InChI=1S/C14H19NO4S/c1-20(17,18)13-8-5-9-15(10-13)14(16)19-11-12-6-3-2-4-7-12/h2-4,6-7,13H,5,8-11H2,1H3. The fourth-order valence-corrected chi connectivity index (χ4v) is 3.31. The van der Waals surface area contributed by atoms with Crippen molar-refractivity contribution in [1.82, 2.24) is 4.90 Å². The highest BCUT2D eigenvalue weighted by molar-refractivity contribution is 7.91. The number of carbonyl (C=O) groups excluding carboxylic acids is 1. The predicted molar refractivity (Wildman–Crippen MR) is 76.1 cm³/mol. The molecule has 1 fully saturated rings. The maximum atomic E-state index is 12.0. The second-order valence-electron chi connectivity index (χ2n) is 5.08. The molecule has 1 unspecified atom stereocenters. The first-order chi connectivity index (χ1) is 9.47. The summed E-state index contributed by atoms with van der Waals surface area (Å²) >= 11 is 0. The van der Waals surface area contributed by atoms with Crippen LogP contribution in [0.1, 0.15) is 18.4 Å². The van der Waals surface area contributed by atoms with Gasteiger partial charge in [-0.25, -0.2) is 13.2 Å². The van der Waals surface area contributed by atoms with Gasteiger partial charge in [-0.3, -0.25) is 0 Å². The lowest BCUT2D eigenvalue weighted by Gasteiger charge is -2.30. The summed E-state index contributed by atoms with van der Waals surface area (Å²) in [5, 5.41) is -0.472. The quantitative estimate of drug-likeness (QED) is 0.854. The maximum Gasteiger partial charge on any atom is 0.410 e. The molecule has 0 N–H and O–H groups in total.